The fourth-order valence-electron chi connectivity index (χ4n) is 1.24. The molecule has 2 heterocycles. The van der Waals surface area contributed by atoms with Crippen LogP contribution in [0.2, 0.25) is 0 Å². The molecule has 0 amide bonds. The third kappa shape index (κ3) is 3.74. The first-order chi connectivity index (χ1) is 7.82. The number of carboxylic acids is 1. The van der Waals surface area contributed by atoms with Crippen molar-refractivity contribution in [2.24, 2.45) is 7.05 Å². The highest BCUT2D eigenvalue weighted by atomic mass is 19.4. The van der Waals surface area contributed by atoms with Crippen molar-refractivity contribution >= 4 is 5.97 Å². The van der Waals surface area contributed by atoms with E-state index in [1.165, 1.54) is 5.82 Å². The van der Waals surface area contributed by atoms with Gasteiger partial charge in [-0.1, -0.05) is 0 Å². The van der Waals surface area contributed by atoms with Crippen molar-refractivity contribution in [1.29, 1.82) is 0 Å². The van der Waals surface area contributed by atoms with E-state index in [9.17, 15) is 13.2 Å². The topological polar surface area (TPSA) is 67.2 Å². The van der Waals surface area contributed by atoms with Gasteiger partial charge in [-0.3, -0.25) is 0 Å². The second-order valence-electron chi connectivity index (χ2n) is 3.55. The van der Waals surface area contributed by atoms with Crippen molar-refractivity contribution < 1.29 is 23.1 Å². The summed E-state index contributed by atoms with van der Waals surface area (Å²) >= 11 is 0. The number of aryl methyl sites for hydroxylation is 1. The van der Waals surface area contributed by atoms with Crippen molar-refractivity contribution in [1.82, 2.24) is 14.9 Å². The van der Waals surface area contributed by atoms with E-state index in [-0.39, 0.29) is 0 Å². The lowest BCUT2D eigenvalue weighted by molar-refractivity contribution is -0.192. The predicted molar refractivity (Wildman–Crippen MR) is 52.5 cm³/mol. The molecular weight excluding hydrogens is 239 g/mol. The van der Waals surface area contributed by atoms with Crippen molar-refractivity contribution in [3.8, 4) is 0 Å². The fourth-order valence-corrected chi connectivity index (χ4v) is 1.24. The van der Waals surface area contributed by atoms with Crippen molar-refractivity contribution in [2.75, 3.05) is 13.1 Å². The number of imidazole rings is 1. The highest BCUT2D eigenvalue weighted by Crippen LogP contribution is 2.16. The largest absolute Gasteiger partial charge is 0.490 e. The molecular formula is C9H12F3N3O2. The molecule has 1 aliphatic heterocycles. The Morgan fingerprint density at radius 3 is 2.35 bits per heavy atom. The number of aliphatic carboxylic acids is 1. The van der Waals surface area contributed by atoms with Gasteiger partial charge in [0.2, 0.25) is 0 Å². The van der Waals surface area contributed by atoms with Crippen LogP contribution in [-0.2, 0) is 11.8 Å². The molecule has 0 radical (unpaired) electrons. The Kier molecular flexibility index (Phi) is 4.11. The van der Waals surface area contributed by atoms with E-state index in [4.69, 9.17) is 9.90 Å². The minimum atomic E-state index is -5.08. The van der Waals surface area contributed by atoms with E-state index in [0.717, 1.165) is 13.1 Å². The van der Waals surface area contributed by atoms with Gasteiger partial charge in [-0.2, -0.15) is 13.2 Å². The quantitative estimate of drug-likeness (QED) is 0.772. The zero-order valence-electron chi connectivity index (χ0n) is 9.03. The number of hydrogen-bond donors (Lipinski definition) is 2. The monoisotopic (exact) mass is 251 g/mol. The Labute approximate surface area is 95.3 Å². The normalized spacial score (nSPS) is 15.8. The molecule has 1 saturated heterocycles. The minimum absolute atomic E-state index is 0.653. The minimum Gasteiger partial charge on any atom is -0.475 e. The molecule has 0 saturated carbocycles. The maximum absolute atomic E-state index is 10.6. The van der Waals surface area contributed by atoms with Gasteiger partial charge in [0.15, 0.2) is 0 Å². The van der Waals surface area contributed by atoms with E-state index in [1.807, 2.05) is 19.4 Å². The van der Waals surface area contributed by atoms with Crippen LogP contribution in [0, 0.1) is 0 Å². The van der Waals surface area contributed by atoms with Crippen LogP contribution < -0.4 is 5.32 Å². The third-order valence-corrected chi connectivity index (χ3v) is 2.25. The predicted octanol–water partition coefficient (Wildman–Crippen LogP) is 0.740. The Morgan fingerprint density at radius 1 is 1.59 bits per heavy atom. The summed E-state index contributed by atoms with van der Waals surface area (Å²) in [6.45, 7) is 2.18. The molecule has 2 N–H and O–H groups in total. The Hall–Kier alpha value is -1.57. The number of nitrogens with zero attached hydrogens (tertiary/aromatic N) is 2. The van der Waals surface area contributed by atoms with E-state index >= 15 is 0 Å². The van der Waals surface area contributed by atoms with Gasteiger partial charge in [0.1, 0.15) is 5.82 Å². The van der Waals surface area contributed by atoms with E-state index < -0.39 is 12.1 Å². The van der Waals surface area contributed by atoms with E-state index in [1.54, 1.807) is 0 Å². The van der Waals surface area contributed by atoms with Crippen molar-refractivity contribution in [2.45, 2.75) is 12.1 Å². The summed E-state index contributed by atoms with van der Waals surface area (Å²) in [5.74, 6) is -0.897. The number of rotatable bonds is 1. The molecule has 1 aromatic rings. The second kappa shape index (κ2) is 5.17. The molecule has 0 aromatic carbocycles. The molecule has 17 heavy (non-hydrogen) atoms. The Balaban J connectivity index is 0.000000185. The average Bonchev–Trinajstić information content (AvgIpc) is 2.49. The molecule has 1 aromatic heterocycles. The number of halogens is 3. The third-order valence-electron chi connectivity index (χ3n) is 2.25. The number of alkyl halides is 3. The van der Waals surface area contributed by atoms with Gasteiger partial charge in [-0.05, 0) is 0 Å². The van der Waals surface area contributed by atoms with E-state index in [2.05, 4.69) is 14.9 Å². The number of carbonyl (C=O) groups is 1. The highest BCUT2D eigenvalue weighted by Gasteiger charge is 2.38. The van der Waals surface area contributed by atoms with Crippen LogP contribution in [0.3, 0.4) is 0 Å². The summed E-state index contributed by atoms with van der Waals surface area (Å²) in [6.07, 6.45) is -1.23. The van der Waals surface area contributed by atoms with Crippen LogP contribution in [-0.4, -0.2) is 39.9 Å². The first kappa shape index (κ1) is 13.5. The highest BCUT2D eigenvalue weighted by molar-refractivity contribution is 5.73. The van der Waals surface area contributed by atoms with Crippen molar-refractivity contribution in [3.05, 3.63) is 18.2 Å². The van der Waals surface area contributed by atoms with Crippen LogP contribution in [0.15, 0.2) is 12.4 Å². The van der Waals surface area contributed by atoms with Gasteiger partial charge in [-0.15, -0.1) is 0 Å². The molecule has 5 nitrogen and oxygen atoms in total. The smallest absolute Gasteiger partial charge is 0.475 e. The molecule has 0 atom stereocenters. The molecule has 1 fully saturated rings. The molecule has 8 heteroatoms. The summed E-state index contributed by atoms with van der Waals surface area (Å²) in [6, 6.07) is 0. The summed E-state index contributed by atoms with van der Waals surface area (Å²) < 4.78 is 33.8. The van der Waals surface area contributed by atoms with Crippen LogP contribution in [0.25, 0.3) is 0 Å². The zero-order chi connectivity index (χ0) is 13.1. The molecule has 0 bridgehead atoms. The Bertz CT molecular complexity index is 385. The summed E-state index contributed by atoms with van der Waals surface area (Å²) in [5, 5.41) is 10.3. The SMILES string of the molecule is Cn1ccnc1C1CNC1.O=C(O)C(F)(F)F. The molecule has 0 spiro atoms. The molecule has 1 aliphatic rings. The standard InChI is InChI=1S/C7H11N3.C2HF3O2/c1-10-3-2-9-7(10)6-4-8-5-6;3-2(4,5)1(6)7/h2-3,6,8H,4-5H2,1H3;(H,6,7). The molecule has 96 valence electrons. The maximum atomic E-state index is 10.6. The van der Waals surface area contributed by atoms with E-state index in [0.29, 0.717) is 5.92 Å². The number of nitrogens with one attached hydrogen (secondary N) is 1. The molecule has 0 unspecified atom stereocenters. The lowest BCUT2D eigenvalue weighted by Gasteiger charge is -2.26. The van der Waals surface area contributed by atoms with Crippen LogP contribution in [0.1, 0.15) is 11.7 Å². The Morgan fingerprint density at radius 2 is 2.12 bits per heavy atom. The van der Waals surface area contributed by atoms with Crippen LogP contribution >= 0.6 is 0 Å². The number of carboxylic acid groups (broad SMARTS) is 1. The van der Waals surface area contributed by atoms with Gasteiger partial charge in [0.05, 0.1) is 0 Å². The van der Waals surface area contributed by atoms with Crippen LogP contribution in [0.4, 0.5) is 13.2 Å². The fraction of sp³-hybridized carbons (Fsp3) is 0.556. The lowest BCUT2D eigenvalue weighted by atomic mass is 10.0. The van der Waals surface area contributed by atoms with Crippen LogP contribution in [0.5, 0.6) is 0 Å². The van der Waals surface area contributed by atoms with Crippen molar-refractivity contribution in [3.63, 3.8) is 0 Å². The number of hydrogen-bond acceptors (Lipinski definition) is 3. The summed E-state index contributed by atoms with van der Waals surface area (Å²) in [7, 11) is 2.04. The van der Waals surface area contributed by atoms with Gasteiger partial charge < -0.3 is 15.0 Å². The van der Waals surface area contributed by atoms with Gasteiger partial charge in [0.25, 0.3) is 0 Å². The maximum Gasteiger partial charge on any atom is 0.490 e. The first-order valence-electron chi connectivity index (χ1n) is 4.80. The summed E-state index contributed by atoms with van der Waals surface area (Å²) in [5.41, 5.74) is 0. The molecule has 0 aliphatic carbocycles. The summed E-state index contributed by atoms with van der Waals surface area (Å²) in [4.78, 5) is 13.2. The molecule has 2 rings (SSSR count). The second-order valence-corrected chi connectivity index (χ2v) is 3.55. The van der Waals surface area contributed by atoms with Gasteiger partial charge in [0, 0.05) is 38.4 Å². The van der Waals surface area contributed by atoms with Gasteiger partial charge >= 0.3 is 12.1 Å². The first-order valence-corrected chi connectivity index (χ1v) is 4.80. The van der Waals surface area contributed by atoms with Gasteiger partial charge in [-0.25, -0.2) is 9.78 Å². The zero-order valence-corrected chi connectivity index (χ0v) is 9.03. The lowest BCUT2D eigenvalue weighted by Crippen LogP contribution is -2.41. The average molecular weight is 251 g/mol. The number of aromatic nitrogens is 2.